The van der Waals surface area contributed by atoms with Crippen LogP contribution < -0.4 is 16.0 Å². The van der Waals surface area contributed by atoms with Gasteiger partial charge in [0.1, 0.15) is 11.3 Å². The van der Waals surface area contributed by atoms with E-state index in [0.29, 0.717) is 6.54 Å². The maximum Gasteiger partial charge on any atom is 0.305 e. The summed E-state index contributed by atoms with van der Waals surface area (Å²) < 4.78 is 0. The van der Waals surface area contributed by atoms with Gasteiger partial charge >= 0.3 is 5.69 Å². The quantitative estimate of drug-likeness (QED) is 0.540. The number of nitro benzene ring substituents is 1. The molecule has 1 unspecified atom stereocenters. The minimum atomic E-state index is -0.598. The molecule has 1 fully saturated rings. The Morgan fingerprint density at radius 2 is 2.25 bits per heavy atom. The zero-order valence-corrected chi connectivity index (χ0v) is 10.8. The Morgan fingerprint density at radius 3 is 2.80 bits per heavy atom. The minimum Gasteiger partial charge on any atom is -0.383 e. The first kappa shape index (κ1) is 13.8. The number of nitrogens with one attached hydrogen (secondary N) is 3. The lowest BCUT2D eigenvalue weighted by Gasteiger charge is -2.11. The Morgan fingerprint density at radius 1 is 1.50 bits per heavy atom. The third-order valence-corrected chi connectivity index (χ3v) is 3.05. The van der Waals surface area contributed by atoms with Gasteiger partial charge in [0.15, 0.2) is 0 Å². The number of rotatable bonds is 4. The molecule has 1 aromatic rings. The SMILES string of the molecule is CNc1cccc(C(=O)NC2CNC(=O)C2)c1[N+](=O)[O-]. The van der Waals surface area contributed by atoms with Crippen molar-refractivity contribution >= 4 is 23.2 Å². The van der Waals surface area contributed by atoms with Crippen molar-refractivity contribution in [3.8, 4) is 0 Å². The van der Waals surface area contributed by atoms with Crippen LogP contribution in [0.4, 0.5) is 11.4 Å². The summed E-state index contributed by atoms with van der Waals surface area (Å²) in [6.45, 7) is 0.337. The first-order valence-electron chi connectivity index (χ1n) is 6.05. The summed E-state index contributed by atoms with van der Waals surface area (Å²) in [4.78, 5) is 33.7. The van der Waals surface area contributed by atoms with Crippen molar-refractivity contribution in [3.63, 3.8) is 0 Å². The molecule has 106 valence electrons. The number of hydrogen-bond acceptors (Lipinski definition) is 5. The number of hydrogen-bond donors (Lipinski definition) is 3. The molecule has 1 aliphatic rings. The second-order valence-corrected chi connectivity index (χ2v) is 4.39. The molecule has 0 aliphatic carbocycles. The molecule has 1 aliphatic heterocycles. The van der Waals surface area contributed by atoms with Crippen molar-refractivity contribution in [2.24, 2.45) is 0 Å². The van der Waals surface area contributed by atoms with E-state index in [0.717, 1.165) is 0 Å². The topological polar surface area (TPSA) is 113 Å². The van der Waals surface area contributed by atoms with Crippen LogP contribution in [-0.4, -0.2) is 36.4 Å². The van der Waals surface area contributed by atoms with Gasteiger partial charge in [0.05, 0.1) is 11.0 Å². The molecule has 1 atom stereocenters. The molecule has 3 N–H and O–H groups in total. The molecule has 0 aromatic heterocycles. The first-order valence-corrected chi connectivity index (χ1v) is 6.05. The van der Waals surface area contributed by atoms with Gasteiger partial charge in [-0.1, -0.05) is 6.07 Å². The lowest BCUT2D eigenvalue weighted by molar-refractivity contribution is -0.384. The fourth-order valence-corrected chi connectivity index (χ4v) is 2.10. The third kappa shape index (κ3) is 2.68. The standard InChI is InChI=1S/C12H14N4O4/c1-13-9-4-2-3-8(11(9)16(19)20)12(18)15-7-5-10(17)14-6-7/h2-4,7,13H,5-6H2,1H3,(H,14,17)(H,15,18). The maximum atomic E-state index is 12.1. The summed E-state index contributed by atoms with van der Waals surface area (Å²) in [7, 11) is 1.55. The lowest BCUT2D eigenvalue weighted by atomic mass is 10.1. The number of nitrogens with zero attached hydrogens (tertiary/aromatic N) is 1. The highest BCUT2D eigenvalue weighted by molar-refractivity contribution is 6.01. The van der Waals surface area contributed by atoms with E-state index in [1.165, 1.54) is 12.1 Å². The van der Waals surface area contributed by atoms with Gasteiger partial charge in [-0.2, -0.15) is 0 Å². The highest BCUT2D eigenvalue weighted by atomic mass is 16.6. The monoisotopic (exact) mass is 278 g/mol. The van der Waals surface area contributed by atoms with E-state index < -0.39 is 10.8 Å². The fraction of sp³-hybridized carbons (Fsp3) is 0.333. The van der Waals surface area contributed by atoms with Crippen molar-refractivity contribution in [1.29, 1.82) is 0 Å². The normalized spacial score (nSPS) is 17.4. The van der Waals surface area contributed by atoms with Crippen LogP contribution in [0.1, 0.15) is 16.8 Å². The molecule has 0 bridgehead atoms. The number of anilines is 1. The second-order valence-electron chi connectivity index (χ2n) is 4.39. The van der Waals surface area contributed by atoms with E-state index in [-0.39, 0.29) is 35.3 Å². The number of para-hydroxylation sites is 1. The minimum absolute atomic E-state index is 0.0267. The van der Waals surface area contributed by atoms with Crippen molar-refractivity contribution in [3.05, 3.63) is 33.9 Å². The molecule has 2 rings (SSSR count). The number of carbonyl (C=O) groups excluding carboxylic acids is 2. The molecular weight excluding hydrogens is 264 g/mol. The average Bonchev–Trinajstić information content (AvgIpc) is 2.82. The van der Waals surface area contributed by atoms with Gasteiger partial charge in [-0.25, -0.2) is 0 Å². The van der Waals surface area contributed by atoms with Crippen LogP contribution in [-0.2, 0) is 4.79 Å². The van der Waals surface area contributed by atoms with Crippen molar-refractivity contribution < 1.29 is 14.5 Å². The Kier molecular flexibility index (Phi) is 3.83. The third-order valence-electron chi connectivity index (χ3n) is 3.05. The van der Waals surface area contributed by atoms with Crippen LogP contribution in [0, 0.1) is 10.1 Å². The van der Waals surface area contributed by atoms with Crippen LogP contribution in [0.3, 0.4) is 0 Å². The first-order chi connectivity index (χ1) is 9.52. The van der Waals surface area contributed by atoms with Crippen LogP contribution in [0.5, 0.6) is 0 Å². The van der Waals surface area contributed by atoms with Gasteiger partial charge in [0, 0.05) is 20.0 Å². The zero-order chi connectivity index (χ0) is 14.7. The van der Waals surface area contributed by atoms with Gasteiger partial charge in [-0.05, 0) is 12.1 Å². The number of carbonyl (C=O) groups is 2. The molecule has 1 heterocycles. The van der Waals surface area contributed by atoms with Gasteiger partial charge < -0.3 is 16.0 Å². The maximum absolute atomic E-state index is 12.1. The molecule has 1 aromatic carbocycles. The highest BCUT2D eigenvalue weighted by Gasteiger charge is 2.28. The Labute approximate surface area is 114 Å². The van der Waals surface area contributed by atoms with E-state index in [4.69, 9.17) is 0 Å². The molecule has 2 amide bonds. The van der Waals surface area contributed by atoms with Gasteiger partial charge in [0.2, 0.25) is 5.91 Å². The fourth-order valence-electron chi connectivity index (χ4n) is 2.10. The summed E-state index contributed by atoms with van der Waals surface area (Å²) in [6.07, 6.45) is 0.186. The van der Waals surface area contributed by atoms with Gasteiger partial charge in [-0.15, -0.1) is 0 Å². The Balaban J connectivity index is 2.25. The summed E-state index contributed by atoms with van der Waals surface area (Å²) in [5.41, 5.74) is -0.0331. The molecule has 1 saturated heterocycles. The number of benzene rings is 1. The van der Waals surface area contributed by atoms with E-state index in [1.54, 1.807) is 13.1 Å². The van der Waals surface area contributed by atoms with E-state index >= 15 is 0 Å². The van der Waals surface area contributed by atoms with Crippen LogP contribution in [0.15, 0.2) is 18.2 Å². The molecular formula is C12H14N4O4. The molecule has 0 radical (unpaired) electrons. The summed E-state index contributed by atoms with van der Waals surface area (Å²) in [5, 5.41) is 19.0. The lowest BCUT2D eigenvalue weighted by Crippen LogP contribution is -2.36. The van der Waals surface area contributed by atoms with Crippen molar-refractivity contribution in [1.82, 2.24) is 10.6 Å². The molecule has 20 heavy (non-hydrogen) atoms. The van der Waals surface area contributed by atoms with E-state index in [2.05, 4.69) is 16.0 Å². The summed E-state index contributed by atoms with van der Waals surface area (Å²) >= 11 is 0. The van der Waals surface area contributed by atoms with E-state index in [1.807, 2.05) is 0 Å². The summed E-state index contributed by atoms with van der Waals surface area (Å²) in [6, 6.07) is 4.13. The van der Waals surface area contributed by atoms with Gasteiger partial charge in [-0.3, -0.25) is 19.7 Å². The van der Waals surface area contributed by atoms with Gasteiger partial charge in [0.25, 0.3) is 5.91 Å². The highest BCUT2D eigenvalue weighted by Crippen LogP contribution is 2.28. The average molecular weight is 278 g/mol. The predicted octanol–water partition coefficient (Wildman–Crippen LogP) is 0.255. The van der Waals surface area contributed by atoms with Crippen molar-refractivity contribution in [2.45, 2.75) is 12.5 Å². The van der Waals surface area contributed by atoms with E-state index in [9.17, 15) is 19.7 Å². The molecule has 8 nitrogen and oxygen atoms in total. The second kappa shape index (κ2) is 5.55. The smallest absolute Gasteiger partial charge is 0.305 e. The number of amides is 2. The Hall–Kier alpha value is -2.64. The zero-order valence-electron chi connectivity index (χ0n) is 10.8. The predicted molar refractivity (Wildman–Crippen MR) is 71.5 cm³/mol. The Bertz CT molecular complexity index is 573. The summed E-state index contributed by atoms with van der Waals surface area (Å²) in [5.74, 6) is -0.705. The largest absolute Gasteiger partial charge is 0.383 e. The molecule has 0 saturated carbocycles. The van der Waals surface area contributed by atoms with Crippen LogP contribution >= 0.6 is 0 Å². The molecule has 8 heteroatoms. The van der Waals surface area contributed by atoms with Crippen LogP contribution in [0.25, 0.3) is 0 Å². The number of nitro groups is 1. The van der Waals surface area contributed by atoms with Crippen molar-refractivity contribution in [2.75, 3.05) is 18.9 Å². The molecule has 0 spiro atoms. The van der Waals surface area contributed by atoms with Crippen LogP contribution in [0.2, 0.25) is 0 Å².